The number of aryl methyl sites for hydroxylation is 2. The largest absolute Gasteiger partial charge is 0.497 e. The van der Waals surface area contributed by atoms with Crippen LogP contribution in [-0.2, 0) is 12.8 Å². The first-order valence-corrected chi connectivity index (χ1v) is 8.09. The van der Waals surface area contributed by atoms with Crippen molar-refractivity contribution in [2.45, 2.75) is 26.2 Å². The minimum atomic E-state index is -0.137. The molecule has 22 heavy (non-hydrogen) atoms. The third kappa shape index (κ3) is 3.04. The van der Waals surface area contributed by atoms with E-state index < -0.39 is 0 Å². The molecule has 2 aromatic rings. The van der Waals surface area contributed by atoms with Gasteiger partial charge in [-0.25, -0.2) is 5.43 Å². The number of amides is 1. The van der Waals surface area contributed by atoms with Gasteiger partial charge in [0.15, 0.2) is 0 Å². The second-order valence-electron chi connectivity index (χ2n) is 5.28. The van der Waals surface area contributed by atoms with Crippen molar-refractivity contribution in [1.29, 1.82) is 0 Å². The fraction of sp³-hybridized carbons (Fsp3) is 0.294. The highest BCUT2D eigenvalue weighted by Crippen LogP contribution is 2.30. The molecule has 0 atom stereocenters. The Morgan fingerprint density at radius 2 is 2.18 bits per heavy atom. The third-order valence-electron chi connectivity index (χ3n) is 3.78. The summed E-state index contributed by atoms with van der Waals surface area (Å²) < 4.78 is 5.19. The highest BCUT2D eigenvalue weighted by atomic mass is 32.1. The number of hydrazone groups is 1. The number of nitrogens with zero attached hydrogens (tertiary/aromatic N) is 1. The van der Waals surface area contributed by atoms with Crippen LogP contribution < -0.4 is 10.2 Å². The van der Waals surface area contributed by atoms with Gasteiger partial charge in [0.25, 0.3) is 5.91 Å². The lowest BCUT2D eigenvalue weighted by atomic mass is 10.1. The molecule has 4 nitrogen and oxygen atoms in total. The van der Waals surface area contributed by atoms with Crippen LogP contribution in [0, 0.1) is 0 Å². The lowest BCUT2D eigenvalue weighted by molar-refractivity contribution is 0.0959. The topological polar surface area (TPSA) is 50.7 Å². The van der Waals surface area contributed by atoms with Crippen molar-refractivity contribution in [1.82, 2.24) is 5.43 Å². The summed E-state index contributed by atoms with van der Waals surface area (Å²) in [6.07, 6.45) is 3.39. The van der Waals surface area contributed by atoms with Gasteiger partial charge in [-0.15, -0.1) is 11.3 Å². The number of nitrogens with one attached hydrogen (secondary N) is 1. The van der Waals surface area contributed by atoms with E-state index in [2.05, 4.69) is 10.5 Å². The van der Waals surface area contributed by atoms with Gasteiger partial charge in [0.1, 0.15) is 5.75 Å². The Labute approximate surface area is 133 Å². The Hall–Kier alpha value is -2.14. The number of hydrogen-bond donors (Lipinski definition) is 1. The molecule has 1 aromatic heterocycles. The Morgan fingerprint density at radius 3 is 2.95 bits per heavy atom. The van der Waals surface area contributed by atoms with Crippen LogP contribution in [0.4, 0.5) is 0 Å². The van der Waals surface area contributed by atoms with E-state index in [1.165, 1.54) is 16.9 Å². The zero-order chi connectivity index (χ0) is 15.5. The van der Waals surface area contributed by atoms with Crippen LogP contribution in [0.2, 0.25) is 0 Å². The number of carbonyl (C=O) groups is 1. The van der Waals surface area contributed by atoms with Gasteiger partial charge in [0, 0.05) is 10.4 Å². The smallest absolute Gasteiger partial charge is 0.281 e. The third-order valence-corrected chi connectivity index (χ3v) is 5.02. The minimum absolute atomic E-state index is 0.137. The summed E-state index contributed by atoms with van der Waals surface area (Å²) in [6.45, 7) is 1.86. The molecular weight excluding hydrogens is 296 g/mol. The zero-order valence-electron chi connectivity index (χ0n) is 12.7. The molecule has 1 N–H and O–H groups in total. The Morgan fingerprint density at radius 1 is 1.32 bits per heavy atom. The first-order valence-electron chi connectivity index (χ1n) is 7.28. The first-order chi connectivity index (χ1) is 10.7. The maximum atomic E-state index is 12.2. The van der Waals surface area contributed by atoms with Gasteiger partial charge in [-0.05, 0) is 49.9 Å². The van der Waals surface area contributed by atoms with E-state index in [0.29, 0.717) is 0 Å². The van der Waals surface area contributed by atoms with Gasteiger partial charge in [-0.3, -0.25) is 4.79 Å². The molecule has 0 aliphatic heterocycles. The lowest BCUT2D eigenvalue weighted by Crippen LogP contribution is -2.18. The highest BCUT2D eigenvalue weighted by Gasteiger charge is 2.18. The minimum Gasteiger partial charge on any atom is -0.497 e. The predicted octanol–water partition coefficient (Wildman–Crippen LogP) is 3.40. The number of carbonyl (C=O) groups excluding carboxylic acids is 1. The molecule has 1 amide bonds. The number of benzene rings is 1. The van der Waals surface area contributed by atoms with Crippen LogP contribution >= 0.6 is 11.3 Å². The lowest BCUT2D eigenvalue weighted by Gasteiger charge is -2.04. The maximum Gasteiger partial charge on any atom is 0.281 e. The quantitative estimate of drug-likeness (QED) is 0.694. The summed E-state index contributed by atoms with van der Waals surface area (Å²) in [5, 5.41) is 4.20. The molecule has 3 rings (SSSR count). The molecule has 0 fully saturated rings. The SMILES string of the molecule is COc1cccc(/C(C)=N\NC(=O)c2cc3c(s2)CCC3)c1. The second kappa shape index (κ2) is 6.32. The van der Waals surface area contributed by atoms with Gasteiger partial charge >= 0.3 is 0 Å². The summed E-state index contributed by atoms with van der Waals surface area (Å²) >= 11 is 1.58. The second-order valence-corrected chi connectivity index (χ2v) is 6.42. The van der Waals surface area contributed by atoms with Crippen molar-refractivity contribution in [2.75, 3.05) is 7.11 Å². The molecule has 1 aromatic carbocycles. The molecule has 0 bridgehead atoms. The standard InChI is InChI=1S/C17H18N2O2S/c1-11(12-5-3-7-14(9-12)21-2)18-19-17(20)16-10-13-6-4-8-15(13)22-16/h3,5,7,9-10H,4,6,8H2,1-2H3,(H,19,20)/b18-11-. The average Bonchev–Trinajstić information content (AvgIpc) is 3.14. The number of methoxy groups -OCH3 is 1. The Bertz CT molecular complexity index is 713. The van der Waals surface area contributed by atoms with Crippen LogP contribution in [0.25, 0.3) is 0 Å². The zero-order valence-corrected chi connectivity index (χ0v) is 13.5. The van der Waals surface area contributed by atoms with Crippen LogP contribution in [0.5, 0.6) is 5.75 Å². The fourth-order valence-electron chi connectivity index (χ4n) is 2.54. The molecule has 0 saturated carbocycles. The molecule has 1 heterocycles. The maximum absolute atomic E-state index is 12.2. The van der Waals surface area contributed by atoms with E-state index in [9.17, 15) is 4.79 Å². The monoisotopic (exact) mass is 314 g/mol. The number of fused-ring (bicyclic) bond motifs is 1. The van der Waals surface area contributed by atoms with Crippen LogP contribution in [0.15, 0.2) is 35.4 Å². The van der Waals surface area contributed by atoms with Gasteiger partial charge in [0.2, 0.25) is 0 Å². The van der Waals surface area contributed by atoms with E-state index >= 15 is 0 Å². The molecular formula is C17H18N2O2S. The Kier molecular flexibility index (Phi) is 4.24. The van der Waals surface area contributed by atoms with Gasteiger partial charge < -0.3 is 4.74 Å². The average molecular weight is 314 g/mol. The molecule has 5 heteroatoms. The Balaban J connectivity index is 1.70. The number of rotatable bonds is 4. The van der Waals surface area contributed by atoms with Gasteiger partial charge in [0.05, 0.1) is 17.7 Å². The van der Waals surface area contributed by atoms with Crippen molar-refractivity contribution in [3.8, 4) is 5.75 Å². The molecule has 0 saturated heterocycles. The van der Waals surface area contributed by atoms with Gasteiger partial charge in [-0.2, -0.15) is 5.10 Å². The fourth-order valence-corrected chi connectivity index (χ4v) is 3.69. The van der Waals surface area contributed by atoms with Crippen molar-refractivity contribution in [2.24, 2.45) is 5.10 Å². The number of hydrogen-bond acceptors (Lipinski definition) is 4. The normalized spacial score (nSPS) is 13.8. The van der Waals surface area contributed by atoms with E-state index in [1.54, 1.807) is 18.4 Å². The molecule has 1 aliphatic rings. The predicted molar refractivity (Wildman–Crippen MR) is 89.0 cm³/mol. The van der Waals surface area contributed by atoms with Crippen LogP contribution in [0.1, 0.15) is 39.0 Å². The van der Waals surface area contributed by atoms with Crippen LogP contribution in [0.3, 0.4) is 0 Å². The van der Waals surface area contributed by atoms with Crippen molar-refractivity contribution >= 4 is 23.0 Å². The van der Waals surface area contributed by atoms with E-state index in [1.807, 2.05) is 37.3 Å². The van der Waals surface area contributed by atoms with Gasteiger partial charge in [-0.1, -0.05) is 12.1 Å². The van der Waals surface area contributed by atoms with E-state index in [-0.39, 0.29) is 5.91 Å². The molecule has 1 aliphatic carbocycles. The molecule has 114 valence electrons. The summed E-state index contributed by atoms with van der Waals surface area (Å²) in [5.41, 5.74) is 5.64. The summed E-state index contributed by atoms with van der Waals surface area (Å²) in [4.78, 5) is 14.3. The van der Waals surface area contributed by atoms with Crippen molar-refractivity contribution in [3.63, 3.8) is 0 Å². The van der Waals surface area contributed by atoms with Crippen LogP contribution in [-0.4, -0.2) is 18.7 Å². The van der Waals surface area contributed by atoms with Crippen molar-refractivity contribution in [3.05, 3.63) is 51.2 Å². The molecule has 0 spiro atoms. The number of thiophene rings is 1. The summed E-state index contributed by atoms with van der Waals surface area (Å²) in [7, 11) is 1.63. The van der Waals surface area contributed by atoms with E-state index in [4.69, 9.17) is 4.74 Å². The summed E-state index contributed by atoms with van der Waals surface area (Å²) in [6, 6.07) is 9.61. The summed E-state index contributed by atoms with van der Waals surface area (Å²) in [5.74, 6) is 0.634. The molecule has 0 unspecified atom stereocenters. The highest BCUT2D eigenvalue weighted by molar-refractivity contribution is 7.14. The first kappa shape index (κ1) is 14.8. The molecule has 0 radical (unpaired) electrons. The van der Waals surface area contributed by atoms with Crippen molar-refractivity contribution < 1.29 is 9.53 Å². The number of ether oxygens (including phenoxy) is 1. The van der Waals surface area contributed by atoms with E-state index in [0.717, 1.165) is 34.7 Å².